The zero-order valence-electron chi connectivity index (χ0n) is 14.3. The average Bonchev–Trinajstić information content (AvgIpc) is 2.66. The molecule has 0 aliphatic carbocycles. The van der Waals surface area contributed by atoms with Gasteiger partial charge in [-0.2, -0.15) is 0 Å². The van der Waals surface area contributed by atoms with Crippen molar-refractivity contribution < 1.29 is 28.8 Å². The molecule has 3 rings (SSSR count). The Morgan fingerprint density at radius 2 is 1.79 bits per heavy atom. The fourth-order valence-corrected chi connectivity index (χ4v) is 2.28. The minimum absolute atomic E-state index is 0.111. The van der Waals surface area contributed by atoms with Gasteiger partial charge in [0.25, 0.3) is 17.5 Å². The number of carbonyl (C=O) groups is 3. The molecule has 28 heavy (non-hydrogen) atoms. The molecule has 0 atom stereocenters. The molecular weight excluding hydrogens is 372 g/mol. The second-order valence-corrected chi connectivity index (χ2v) is 5.42. The Kier molecular flexibility index (Phi) is 4.98. The highest BCUT2D eigenvalue weighted by Gasteiger charge is 2.27. The highest BCUT2D eigenvalue weighted by molar-refractivity contribution is 6.31. The molecule has 1 aromatic carbocycles. The van der Waals surface area contributed by atoms with Gasteiger partial charge in [-0.15, -0.1) is 0 Å². The zero-order valence-corrected chi connectivity index (χ0v) is 14.3. The summed E-state index contributed by atoms with van der Waals surface area (Å²) in [7, 11) is 1.39. The summed E-state index contributed by atoms with van der Waals surface area (Å²) >= 11 is 0. The van der Waals surface area contributed by atoms with Crippen LogP contribution in [0, 0.1) is 10.1 Å². The molecule has 1 aliphatic heterocycles. The van der Waals surface area contributed by atoms with E-state index in [-0.39, 0.29) is 28.6 Å². The second-order valence-electron chi connectivity index (χ2n) is 5.42. The minimum atomic E-state index is -0.885. The predicted molar refractivity (Wildman–Crippen MR) is 93.6 cm³/mol. The monoisotopic (exact) mass is 384 g/mol. The number of urea groups is 1. The predicted octanol–water partition coefficient (Wildman–Crippen LogP) is 1.54. The Morgan fingerprint density at radius 3 is 2.36 bits per heavy atom. The van der Waals surface area contributed by atoms with Crippen molar-refractivity contribution in [2.75, 3.05) is 7.11 Å². The lowest BCUT2D eigenvalue weighted by atomic mass is 10.1. The molecule has 142 valence electrons. The van der Waals surface area contributed by atoms with Crippen LogP contribution in [0.5, 0.6) is 17.4 Å². The molecule has 2 N–H and O–H groups in total. The van der Waals surface area contributed by atoms with Gasteiger partial charge in [-0.05, 0) is 23.8 Å². The summed E-state index contributed by atoms with van der Waals surface area (Å²) in [5.41, 5.74) is 0.0201. The van der Waals surface area contributed by atoms with E-state index >= 15 is 0 Å². The fraction of sp³-hybridized carbons (Fsp3) is 0.0588. The number of benzene rings is 1. The van der Waals surface area contributed by atoms with Crippen LogP contribution in [-0.4, -0.2) is 34.9 Å². The molecule has 0 unspecified atom stereocenters. The Morgan fingerprint density at radius 1 is 1.07 bits per heavy atom. The number of aromatic nitrogens is 1. The standard InChI is InChI=1S/C17H12N4O7/c1-27-13-7-9(6-11-15(22)19-17(24)20-16(11)23)2-4-12(13)28-14-5-3-10(8-18-14)21(25)26/h2-8H,1H3,(H2,19,20,22,23,24). The molecule has 4 amide bonds. The van der Waals surface area contributed by atoms with Crippen LogP contribution in [0.4, 0.5) is 10.5 Å². The third kappa shape index (κ3) is 3.93. The Balaban J connectivity index is 1.85. The topological polar surface area (TPSA) is 150 Å². The van der Waals surface area contributed by atoms with E-state index in [0.717, 1.165) is 6.20 Å². The molecule has 11 nitrogen and oxygen atoms in total. The largest absolute Gasteiger partial charge is 0.493 e. The quantitative estimate of drug-likeness (QED) is 0.341. The lowest BCUT2D eigenvalue weighted by Gasteiger charge is -2.14. The summed E-state index contributed by atoms with van der Waals surface area (Å²) in [5, 5.41) is 14.6. The molecule has 2 heterocycles. The number of amides is 4. The molecule has 0 saturated carbocycles. The smallest absolute Gasteiger partial charge is 0.328 e. The Hall–Kier alpha value is -4.28. The maximum Gasteiger partial charge on any atom is 0.328 e. The second kappa shape index (κ2) is 7.53. The lowest BCUT2D eigenvalue weighted by molar-refractivity contribution is -0.385. The molecule has 1 fully saturated rings. The molecule has 2 aromatic rings. The molecule has 1 saturated heterocycles. The third-order valence-corrected chi connectivity index (χ3v) is 3.59. The van der Waals surface area contributed by atoms with E-state index in [1.807, 2.05) is 10.6 Å². The first kappa shape index (κ1) is 18.5. The third-order valence-electron chi connectivity index (χ3n) is 3.59. The van der Waals surface area contributed by atoms with Gasteiger partial charge in [0.05, 0.1) is 12.0 Å². The van der Waals surface area contributed by atoms with Crippen LogP contribution in [0.15, 0.2) is 42.1 Å². The summed E-state index contributed by atoms with van der Waals surface area (Å²) in [6.45, 7) is 0. The van der Waals surface area contributed by atoms with Crippen LogP contribution in [0.1, 0.15) is 5.56 Å². The van der Waals surface area contributed by atoms with Crippen molar-refractivity contribution in [3.8, 4) is 17.4 Å². The van der Waals surface area contributed by atoms with Crippen LogP contribution < -0.4 is 20.1 Å². The van der Waals surface area contributed by atoms with Crippen molar-refractivity contribution in [3.05, 3.63) is 57.8 Å². The number of nitrogens with zero attached hydrogens (tertiary/aromatic N) is 2. The number of imide groups is 2. The summed E-state index contributed by atoms with van der Waals surface area (Å²) in [6.07, 6.45) is 2.34. The summed E-state index contributed by atoms with van der Waals surface area (Å²) in [6, 6.07) is 6.26. The number of methoxy groups -OCH3 is 1. The van der Waals surface area contributed by atoms with Crippen molar-refractivity contribution >= 4 is 29.6 Å². The Bertz CT molecular complexity index is 993. The van der Waals surface area contributed by atoms with E-state index in [0.29, 0.717) is 5.56 Å². The van der Waals surface area contributed by atoms with Gasteiger partial charge in [-0.3, -0.25) is 30.3 Å². The van der Waals surface area contributed by atoms with Crippen molar-refractivity contribution in [2.24, 2.45) is 0 Å². The van der Waals surface area contributed by atoms with E-state index in [2.05, 4.69) is 4.98 Å². The Labute approximate surface area is 157 Å². The molecule has 0 radical (unpaired) electrons. The molecule has 1 aromatic heterocycles. The SMILES string of the molecule is COc1cc(C=C2C(=O)NC(=O)NC2=O)ccc1Oc1ccc([N+](=O)[O-])cn1. The summed E-state index contributed by atoms with van der Waals surface area (Å²) < 4.78 is 10.8. The molecule has 0 bridgehead atoms. The van der Waals surface area contributed by atoms with E-state index in [1.54, 1.807) is 6.07 Å². The maximum absolute atomic E-state index is 11.8. The number of hydrogen-bond acceptors (Lipinski definition) is 8. The van der Waals surface area contributed by atoms with E-state index < -0.39 is 22.8 Å². The van der Waals surface area contributed by atoms with E-state index in [1.165, 1.54) is 37.5 Å². The van der Waals surface area contributed by atoms with Gasteiger partial charge in [0.1, 0.15) is 11.8 Å². The van der Waals surface area contributed by atoms with Crippen LogP contribution >= 0.6 is 0 Å². The zero-order chi connectivity index (χ0) is 20.3. The number of rotatable bonds is 5. The first-order chi connectivity index (χ1) is 13.4. The number of barbiturate groups is 1. The molecular formula is C17H12N4O7. The molecule has 0 spiro atoms. The van der Waals surface area contributed by atoms with Gasteiger partial charge in [0, 0.05) is 12.1 Å². The molecule has 11 heteroatoms. The minimum Gasteiger partial charge on any atom is -0.493 e. The normalized spacial score (nSPS) is 13.5. The van der Waals surface area contributed by atoms with Gasteiger partial charge in [-0.1, -0.05) is 6.07 Å². The number of ether oxygens (including phenoxy) is 2. The number of nitrogens with one attached hydrogen (secondary N) is 2. The highest BCUT2D eigenvalue weighted by Crippen LogP contribution is 2.32. The van der Waals surface area contributed by atoms with E-state index in [4.69, 9.17) is 9.47 Å². The van der Waals surface area contributed by atoms with Gasteiger partial charge < -0.3 is 9.47 Å². The lowest BCUT2D eigenvalue weighted by Crippen LogP contribution is -2.51. The maximum atomic E-state index is 11.8. The van der Waals surface area contributed by atoms with Gasteiger partial charge in [-0.25, -0.2) is 9.78 Å². The van der Waals surface area contributed by atoms with E-state index in [9.17, 15) is 24.5 Å². The van der Waals surface area contributed by atoms with Crippen LogP contribution in [-0.2, 0) is 9.59 Å². The van der Waals surface area contributed by atoms with Crippen LogP contribution in [0.2, 0.25) is 0 Å². The first-order valence-corrected chi connectivity index (χ1v) is 7.72. The number of hydrogen-bond donors (Lipinski definition) is 2. The molecule has 1 aliphatic rings. The van der Waals surface area contributed by atoms with Gasteiger partial charge in [0.2, 0.25) is 5.88 Å². The van der Waals surface area contributed by atoms with Crippen LogP contribution in [0.3, 0.4) is 0 Å². The number of pyridine rings is 1. The van der Waals surface area contributed by atoms with Gasteiger partial charge in [0.15, 0.2) is 11.5 Å². The fourth-order valence-electron chi connectivity index (χ4n) is 2.28. The number of carbonyl (C=O) groups excluding carboxylic acids is 3. The van der Waals surface area contributed by atoms with Crippen molar-refractivity contribution in [1.82, 2.24) is 15.6 Å². The average molecular weight is 384 g/mol. The van der Waals surface area contributed by atoms with Crippen molar-refractivity contribution in [2.45, 2.75) is 0 Å². The summed E-state index contributed by atoms with van der Waals surface area (Å²) in [4.78, 5) is 48.6. The van der Waals surface area contributed by atoms with Crippen molar-refractivity contribution in [1.29, 1.82) is 0 Å². The van der Waals surface area contributed by atoms with Crippen molar-refractivity contribution in [3.63, 3.8) is 0 Å². The highest BCUT2D eigenvalue weighted by atomic mass is 16.6. The number of nitro groups is 1. The van der Waals surface area contributed by atoms with Crippen LogP contribution in [0.25, 0.3) is 6.08 Å². The summed E-state index contributed by atoms with van der Waals surface area (Å²) in [5.74, 6) is -0.994. The first-order valence-electron chi connectivity index (χ1n) is 7.72. The van der Waals surface area contributed by atoms with Gasteiger partial charge >= 0.3 is 6.03 Å².